The maximum absolute atomic E-state index is 12.4. The molecule has 3 unspecified atom stereocenters. The molecule has 3 nitrogen and oxygen atoms in total. The minimum atomic E-state index is 0.356. The number of nitrogens with one attached hydrogen (secondary N) is 1. The first-order chi connectivity index (χ1) is 7.77. The van der Waals surface area contributed by atoms with Gasteiger partial charge in [0.1, 0.15) is 0 Å². The summed E-state index contributed by atoms with van der Waals surface area (Å²) in [6.07, 6.45) is 4.78. The van der Waals surface area contributed by atoms with Crippen LogP contribution in [-0.4, -0.2) is 36.5 Å². The maximum atomic E-state index is 12.4. The fraction of sp³-hybridized carbons (Fsp3) is 0.923. The number of hydrogen-bond acceptors (Lipinski definition) is 2. The van der Waals surface area contributed by atoms with E-state index in [1.807, 2.05) is 0 Å². The third-order valence-corrected chi connectivity index (χ3v) is 4.92. The molecule has 1 amide bonds. The Morgan fingerprint density at radius 2 is 2.00 bits per heavy atom. The van der Waals surface area contributed by atoms with Gasteiger partial charge in [0.15, 0.2) is 0 Å². The number of likely N-dealkylation sites (tertiary alicyclic amines) is 1. The van der Waals surface area contributed by atoms with Gasteiger partial charge in [0.25, 0.3) is 0 Å². The summed E-state index contributed by atoms with van der Waals surface area (Å²) >= 11 is 0. The normalized spacial score (nSPS) is 39.3. The number of amides is 1. The molecule has 3 atom stereocenters. The monoisotopic (exact) mass is 222 g/mol. The van der Waals surface area contributed by atoms with Crippen LogP contribution in [0.4, 0.5) is 0 Å². The second-order valence-electron chi connectivity index (χ2n) is 5.79. The van der Waals surface area contributed by atoms with E-state index in [2.05, 4.69) is 17.1 Å². The molecule has 3 aliphatic rings. The highest BCUT2D eigenvalue weighted by molar-refractivity contribution is 5.79. The first-order valence-electron chi connectivity index (χ1n) is 6.78. The Kier molecular flexibility index (Phi) is 2.66. The lowest BCUT2D eigenvalue weighted by atomic mass is 9.95. The second-order valence-corrected chi connectivity index (χ2v) is 5.79. The van der Waals surface area contributed by atoms with Crippen molar-refractivity contribution in [3.63, 3.8) is 0 Å². The van der Waals surface area contributed by atoms with Gasteiger partial charge in [0.2, 0.25) is 5.91 Å². The van der Waals surface area contributed by atoms with E-state index < -0.39 is 0 Å². The van der Waals surface area contributed by atoms with Crippen molar-refractivity contribution >= 4 is 5.91 Å². The van der Waals surface area contributed by atoms with Gasteiger partial charge in [-0.25, -0.2) is 0 Å². The summed E-state index contributed by atoms with van der Waals surface area (Å²) < 4.78 is 0. The lowest BCUT2D eigenvalue weighted by Crippen LogP contribution is -2.40. The fourth-order valence-corrected chi connectivity index (χ4v) is 3.87. The summed E-state index contributed by atoms with van der Waals surface area (Å²) in [5, 5.41) is 3.45. The topological polar surface area (TPSA) is 32.3 Å². The van der Waals surface area contributed by atoms with Gasteiger partial charge in [-0.15, -0.1) is 0 Å². The molecule has 0 aromatic carbocycles. The predicted molar refractivity (Wildman–Crippen MR) is 63.0 cm³/mol. The van der Waals surface area contributed by atoms with Crippen LogP contribution in [-0.2, 0) is 4.79 Å². The number of rotatable bonds is 1. The first kappa shape index (κ1) is 10.6. The van der Waals surface area contributed by atoms with E-state index in [4.69, 9.17) is 0 Å². The number of hydrogen-bond donors (Lipinski definition) is 1. The third kappa shape index (κ3) is 1.56. The number of fused-ring (bicyclic) bond motifs is 1. The smallest absolute Gasteiger partial charge is 0.225 e. The van der Waals surface area contributed by atoms with Crippen LogP contribution in [0.1, 0.15) is 32.6 Å². The number of carbonyl (C=O) groups is 1. The van der Waals surface area contributed by atoms with E-state index in [1.165, 1.54) is 12.8 Å². The highest BCUT2D eigenvalue weighted by Gasteiger charge is 2.45. The van der Waals surface area contributed by atoms with Gasteiger partial charge in [-0.05, 0) is 31.6 Å². The maximum Gasteiger partial charge on any atom is 0.225 e. The molecule has 2 heterocycles. The van der Waals surface area contributed by atoms with Gasteiger partial charge in [-0.2, -0.15) is 0 Å². The predicted octanol–water partition coefficient (Wildman–Crippen LogP) is 1.24. The average molecular weight is 222 g/mol. The summed E-state index contributed by atoms with van der Waals surface area (Å²) in [7, 11) is 0. The van der Waals surface area contributed by atoms with Gasteiger partial charge >= 0.3 is 0 Å². The molecule has 0 aromatic heterocycles. The molecule has 2 saturated heterocycles. The summed E-state index contributed by atoms with van der Waals surface area (Å²) in [6, 6.07) is 0.466. The van der Waals surface area contributed by atoms with Gasteiger partial charge in [-0.1, -0.05) is 12.8 Å². The van der Waals surface area contributed by atoms with Crippen molar-refractivity contribution in [2.45, 2.75) is 38.6 Å². The van der Waals surface area contributed by atoms with Gasteiger partial charge in [-0.3, -0.25) is 4.79 Å². The Balaban J connectivity index is 1.69. The Morgan fingerprint density at radius 3 is 2.69 bits per heavy atom. The summed E-state index contributed by atoms with van der Waals surface area (Å²) in [4.78, 5) is 14.6. The second kappa shape index (κ2) is 4.02. The van der Waals surface area contributed by atoms with E-state index in [0.29, 0.717) is 23.8 Å². The Hall–Kier alpha value is -0.570. The van der Waals surface area contributed by atoms with Crippen molar-refractivity contribution in [3.8, 4) is 0 Å². The highest BCUT2D eigenvalue weighted by Crippen LogP contribution is 2.35. The van der Waals surface area contributed by atoms with E-state index in [1.54, 1.807) is 0 Å². The largest absolute Gasteiger partial charge is 0.339 e. The third-order valence-electron chi connectivity index (χ3n) is 4.92. The van der Waals surface area contributed by atoms with Gasteiger partial charge in [0.05, 0.1) is 0 Å². The van der Waals surface area contributed by atoms with Crippen LogP contribution < -0.4 is 5.32 Å². The zero-order valence-electron chi connectivity index (χ0n) is 10.1. The van der Waals surface area contributed by atoms with E-state index in [9.17, 15) is 4.79 Å². The molecular formula is C13H22N2O. The minimum Gasteiger partial charge on any atom is -0.339 e. The van der Waals surface area contributed by atoms with Crippen molar-refractivity contribution in [2.24, 2.45) is 17.8 Å². The molecule has 0 spiro atoms. The number of nitrogens with zero attached hydrogens (tertiary/aromatic N) is 1. The molecule has 1 saturated carbocycles. The summed E-state index contributed by atoms with van der Waals surface area (Å²) in [6.45, 7) is 5.47. The van der Waals surface area contributed by atoms with Crippen molar-refractivity contribution < 1.29 is 4.79 Å². The summed E-state index contributed by atoms with van der Waals surface area (Å²) in [5.74, 6) is 2.25. The van der Waals surface area contributed by atoms with Crippen molar-refractivity contribution in [2.75, 3.05) is 19.6 Å². The van der Waals surface area contributed by atoms with Crippen LogP contribution in [0.15, 0.2) is 0 Å². The van der Waals surface area contributed by atoms with Crippen LogP contribution in [0, 0.1) is 17.8 Å². The van der Waals surface area contributed by atoms with Crippen LogP contribution in [0.3, 0.4) is 0 Å². The molecule has 90 valence electrons. The molecule has 2 aliphatic heterocycles. The Labute approximate surface area is 97.6 Å². The SMILES string of the molecule is CC1C2CNCC2CN1C(=O)C1CCCC1. The van der Waals surface area contributed by atoms with Crippen molar-refractivity contribution in [1.82, 2.24) is 10.2 Å². The first-order valence-corrected chi connectivity index (χ1v) is 6.78. The van der Waals surface area contributed by atoms with E-state index in [0.717, 1.165) is 38.4 Å². The standard InChI is InChI=1S/C13H22N2O/c1-9-12-7-14-6-11(12)8-15(9)13(16)10-4-2-3-5-10/h9-12,14H,2-8H2,1H3. The molecular weight excluding hydrogens is 200 g/mol. The fourth-order valence-electron chi connectivity index (χ4n) is 3.87. The summed E-state index contributed by atoms with van der Waals surface area (Å²) in [5.41, 5.74) is 0. The molecule has 1 aliphatic carbocycles. The molecule has 3 rings (SSSR count). The molecule has 0 radical (unpaired) electrons. The van der Waals surface area contributed by atoms with Crippen molar-refractivity contribution in [3.05, 3.63) is 0 Å². The quantitative estimate of drug-likeness (QED) is 0.724. The zero-order valence-corrected chi connectivity index (χ0v) is 10.1. The van der Waals surface area contributed by atoms with Crippen LogP contribution in [0.25, 0.3) is 0 Å². The minimum absolute atomic E-state index is 0.356. The van der Waals surface area contributed by atoms with Gasteiger partial charge < -0.3 is 10.2 Å². The van der Waals surface area contributed by atoms with Crippen LogP contribution in [0.2, 0.25) is 0 Å². The lowest BCUT2D eigenvalue weighted by molar-refractivity contribution is -0.136. The van der Waals surface area contributed by atoms with E-state index >= 15 is 0 Å². The van der Waals surface area contributed by atoms with E-state index in [-0.39, 0.29) is 0 Å². The Bertz CT molecular complexity index is 286. The molecule has 3 fully saturated rings. The average Bonchev–Trinajstić information content (AvgIpc) is 2.95. The number of carbonyl (C=O) groups excluding carboxylic acids is 1. The highest BCUT2D eigenvalue weighted by atomic mass is 16.2. The van der Waals surface area contributed by atoms with Gasteiger partial charge in [0, 0.05) is 31.6 Å². The molecule has 1 N–H and O–H groups in total. The zero-order chi connectivity index (χ0) is 11.1. The van der Waals surface area contributed by atoms with Crippen molar-refractivity contribution in [1.29, 1.82) is 0 Å². The molecule has 16 heavy (non-hydrogen) atoms. The molecule has 0 bridgehead atoms. The lowest BCUT2D eigenvalue weighted by Gasteiger charge is -2.27. The Morgan fingerprint density at radius 1 is 1.25 bits per heavy atom. The molecule has 0 aromatic rings. The van der Waals surface area contributed by atoms with Crippen LogP contribution >= 0.6 is 0 Å². The van der Waals surface area contributed by atoms with Crippen LogP contribution in [0.5, 0.6) is 0 Å². The molecule has 3 heteroatoms.